The lowest BCUT2D eigenvalue weighted by Crippen LogP contribution is -2.15. The molecule has 0 bridgehead atoms. The normalized spacial score (nSPS) is 20.7. The standard InChI is InChI=1S/C21H28/c1-6-10-15(2)17(4)18(5)21-14-20(13-16(21)3)19-11-8-7-9-12-19/h7-9,11-15,18,21H,4,6,10H2,1-3,5H3. The summed E-state index contributed by atoms with van der Waals surface area (Å²) in [7, 11) is 0. The number of benzene rings is 1. The van der Waals surface area contributed by atoms with Gasteiger partial charge in [0.05, 0.1) is 0 Å². The summed E-state index contributed by atoms with van der Waals surface area (Å²) in [4.78, 5) is 0. The van der Waals surface area contributed by atoms with Gasteiger partial charge in [0.1, 0.15) is 0 Å². The quantitative estimate of drug-likeness (QED) is 0.538. The van der Waals surface area contributed by atoms with Gasteiger partial charge < -0.3 is 0 Å². The molecule has 1 aliphatic rings. The molecule has 3 atom stereocenters. The van der Waals surface area contributed by atoms with Crippen molar-refractivity contribution < 1.29 is 0 Å². The highest BCUT2D eigenvalue weighted by molar-refractivity contribution is 5.78. The summed E-state index contributed by atoms with van der Waals surface area (Å²) in [6, 6.07) is 10.7. The zero-order valence-electron chi connectivity index (χ0n) is 13.9. The van der Waals surface area contributed by atoms with Gasteiger partial charge in [0.25, 0.3) is 0 Å². The van der Waals surface area contributed by atoms with Crippen LogP contribution in [0.2, 0.25) is 0 Å². The van der Waals surface area contributed by atoms with Crippen molar-refractivity contribution in [1.29, 1.82) is 0 Å². The Hall–Kier alpha value is -1.56. The van der Waals surface area contributed by atoms with E-state index in [0.29, 0.717) is 17.8 Å². The molecule has 112 valence electrons. The van der Waals surface area contributed by atoms with Gasteiger partial charge in [-0.3, -0.25) is 0 Å². The second-order valence-electron chi connectivity index (χ2n) is 6.46. The summed E-state index contributed by atoms with van der Waals surface area (Å²) >= 11 is 0. The predicted octanol–water partition coefficient (Wildman–Crippen LogP) is 6.27. The van der Waals surface area contributed by atoms with Gasteiger partial charge in [0.15, 0.2) is 0 Å². The van der Waals surface area contributed by atoms with E-state index < -0.39 is 0 Å². The Morgan fingerprint density at radius 1 is 1.19 bits per heavy atom. The maximum atomic E-state index is 4.39. The second-order valence-corrected chi connectivity index (χ2v) is 6.46. The van der Waals surface area contributed by atoms with Crippen LogP contribution in [0.15, 0.2) is 60.2 Å². The van der Waals surface area contributed by atoms with Crippen LogP contribution in [0.1, 0.15) is 46.1 Å². The SMILES string of the molecule is C=C(C(C)CCC)C(C)C1C=C(c2ccccc2)C=C1C. The van der Waals surface area contributed by atoms with Crippen molar-refractivity contribution in [3.05, 3.63) is 65.8 Å². The van der Waals surface area contributed by atoms with Crippen LogP contribution in [0.25, 0.3) is 5.57 Å². The first-order chi connectivity index (χ1) is 10.0. The van der Waals surface area contributed by atoms with Gasteiger partial charge in [-0.1, -0.05) is 87.4 Å². The molecular weight excluding hydrogens is 252 g/mol. The molecule has 21 heavy (non-hydrogen) atoms. The summed E-state index contributed by atoms with van der Waals surface area (Å²) in [5, 5.41) is 0. The van der Waals surface area contributed by atoms with E-state index in [-0.39, 0.29) is 0 Å². The molecule has 1 aromatic rings. The Balaban J connectivity index is 2.16. The topological polar surface area (TPSA) is 0 Å². The van der Waals surface area contributed by atoms with Gasteiger partial charge in [-0.15, -0.1) is 0 Å². The first-order valence-corrected chi connectivity index (χ1v) is 8.18. The third-order valence-electron chi connectivity index (χ3n) is 4.85. The van der Waals surface area contributed by atoms with E-state index in [4.69, 9.17) is 0 Å². The highest BCUT2D eigenvalue weighted by Crippen LogP contribution is 2.39. The van der Waals surface area contributed by atoms with E-state index >= 15 is 0 Å². The van der Waals surface area contributed by atoms with Crippen LogP contribution in [-0.4, -0.2) is 0 Å². The van der Waals surface area contributed by atoms with Gasteiger partial charge in [-0.05, 0) is 36.3 Å². The van der Waals surface area contributed by atoms with Crippen molar-refractivity contribution in [2.24, 2.45) is 17.8 Å². The Morgan fingerprint density at radius 3 is 2.48 bits per heavy atom. The molecule has 0 heterocycles. The van der Waals surface area contributed by atoms with Gasteiger partial charge in [0, 0.05) is 5.92 Å². The molecule has 1 aliphatic carbocycles. The molecule has 0 saturated carbocycles. The monoisotopic (exact) mass is 280 g/mol. The average molecular weight is 280 g/mol. The van der Waals surface area contributed by atoms with E-state index in [0.717, 1.165) is 0 Å². The molecule has 0 radical (unpaired) electrons. The average Bonchev–Trinajstić information content (AvgIpc) is 2.89. The lowest BCUT2D eigenvalue weighted by Gasteiger charge is -2.26. The predicted molar refractivity (Wildman–Crippen MR) is 94.0 cm³/mol. The summed E-state index contributed by atoms with van der Waals surface area (Å²) in [5.74, 6) is 1.64. The first-order valence-electron chi connectivity index (χ1n) is 8.18. The number of allylic oxidation sites excluding steroid dienone is 5. The minimum Gasteiger partial charge on any atom is -0.0993 e. The summed E-state index contributed by atoms with van der Waals surface area (Å²) in [6.07, 6.45) is 7.25. The maximum Gasteiger partial charge on any atom is 0.00494 e. The molecule has 0 heteroatoms. The smallest absolute Gasteiger partial charge is 0.00494 e. The molecule has 0 aliphatic heterocycles. The fourth-order valence-corrected chi connectivity index (χ4v) is 3.36. The molecule has 2 rings (SSSR count). The highest BCUT2D eigenvalue weighted by atomic mass is 14.3. The number of hydrogen-bond donors (Lipinski definition) is 0. The molecular formula is C21H28. The third-order valence-corrected chi connectivity index (χ3v) is 4.85. The Bertz CT molecular complexity index is 545. The van der Waals surface area contributed by atoms with Crippen LogP contribution in [0.4, 0.5) is 0 Å². The summed E-state index contributed by atoms with van der Waals surface area (Å²) < 4.78 is 0. The molecule has 0 fully saturated rings. The van der Waals surface area contributed by atoms with Gasteiger partial charge in [0.2, 0.25) is 0 Å². The lowest BCUT2D eigenvalue weighted by molar-refractivity contribution is 0.470. The number of rotatable bonds is 6. The zero-order valence-corrected chi connectivity index (χ0v) is 13.9. The van der Waals surface area contributed by atoms with Gasteiger partial charge in [-0.25, -0.2) is 0 Å². The van der Waals surface area contributed by atoms with Crippen LogP contribution in [-0.2, 0) is 0 Å². The third kappa shape index (κ3) is 3.56. The number of hydrogen-bond acceptors (Lipinski definition) is 0. The van der Waals surface area contributed by atoms with Crippen LogP contribution in [0, 0.1) is 17.8 Å². The molecule has 0 aromatic heterocycles. The Kier molecular flexibility index (Phi) is 5.22. The largest absolute Gasteiger partial charge is 0.0993 e. The molecule has 0 amide bonds. The van der Waals surface area contributed by atoms with Crippen LogP contribution < -0.4 is 0 Å². The molecule has 0 nitrogen and oxygen atoms in total. The molecule has 3 unspecified atom stereocenters. The fraction of sp³-hybridized carbons (Fsp3) is 0.429. The highest BCUT2D eigenvalue weighted by Gasteiger charge is 2.26. The zero-order chi connectivity index (χ0) is 15.4. The Morgan fingerprint density at radius 2 is 1.86 bits per heavy atom. The lowest BCUT2D eigenvalue weighted by atomic mass is 9.79. The van der Waals surface area contributed by atoms with E-state index in [1.807, 2.05) is 0 Å². The van der Waals surface area contributed by atoms with Crippen molar-refractivity contribution in [2.45, 2.75) is 40.5 Å². The molecule has 1 aromatic carbocycles. The van der Waals surface area contributed by atoms with Crippen molar-refractivity contribution >= 4 is 5.57 Å². The molecule has 0 N–H and O–H groups in total. The minimum atomic E-state index is 0.506. The van der Waals surface area contributed by atoms with Gasteiger partial charge in [-0.2, -0.15) is 0 Å². The maximum absolute atomic E-state index is 4.39. The van der Waals surface area contributed by atoms with Gasteiger partial charge >= 0.3 is 0 Å². The fourth-order valence-electron chi connectivity index (χ4n) is 3.36. The molecule has 0 saturated heterocycles. The first kappa shape index (κ1) is 15.8. The second kappa shape index (κ2) is 6.93. The van der Waals surface area contributed by atoms with Crippen molar-refractivity contribution in [2.75, 3.05) is 0 Å². The van der Waals surface area contributed by atoms with Crippen molar-refractivity contribution in [3.63, 3.8) is 0 Å². The summed E-state index contributed by atoms with van der Waals surface area (Å²) in [6.45, 7) is 13.6. The van der Waals surface area contributed by atoms with Crippen molar-refractivity contribution in [1.82, 2.24) is 0 Å². The summed E-state index contributed by atoms with van der Waals surface area (Å²) in [5.41, 5.74) is 5.55. The molecule has 0 spiro atoms. The minimum absolute atomic E-state index is 0.506. The van der Waals surface area contributed by atoms with E-state index in [1.54, 1.807) is 0 Å². The Labute approximate surface area is 130 Å². The van der Waals surface area contributed by atoms with E-state index in [1.165, 1.54) is 35.1 Å². The van der Waals surface area contributed by atoms with E-state index in [2.05, 4.69) is 76.8 Å². The van der Waals surface area contributed by atoms with Crippen LogP contribution in [0.5, 0.6) is 0 Å². The van der Waals surface area contributed by atoms with Crippen molar-refractivity contribution in [3.8, 4) is 0 Å². The van der Waals surface area contributed by atoms with Crippen LogP contribution in [0.3, 0.4) is 0 Å². The van der Waals surface area contributed by atoms with Crippen LogP contribution >= 0.6 is 0 Å². The van der Waals surface area contributed by atoms with E-state index in [9.17, 15) is 0 Å².